The molecule has 0 amide bonds. The van der Waals surface area contributed by atoms with E-state index in [1.54, 1.807) is 6.92 Å². The van der Waals surface area contributed by atoms with Gasteiger partial charge in [-0.05, 0) is 106 Å². The zero-order valence-corrected chi connectivity index (χ0v) is 22.8. The molecule has 5 aliphatic carbocycles. The third-order valence-corrected chi connectivity index (χ3v) is 10.5. The number of ketones is 1. The van der Waals surface area contributed by atoms with E-state index in [4.69, 9.17) is 9.47 Å². The summed E-state index contributed by atoms with van der Waals surface area (Å²) in [5.41, 5.74) is 1.77. The molecule has 5 rings (SSSR count). The first-order valence-electron chi connectivity index (χ1n) is 14.5. The first-order chi connectivity index (χ1) is 17.7. The van der Waals surface area contributed by atoms with E-state index in [9.17, 15) is 14.4 Å². The van der Waals surface area contributed by atoms with Crippen LogP contribution < -0.4 is 0 Å². The monoisotopic (exact) mass is 506 g/mol. The molecule has 0 aromatic rings. The van der Waals surface area contributed by atoms with Gasteiger partial charge in [-0.25, -0.2) is 0 Å². The Labute approximate surface area is 221 Å². The zero-order chi connectivity index (χ0) is 26.3. The van der Waals surface area contributed by atoms with Crippen molar-refractivity contribution < 1.29 is 23.9 Å². The Morgan fingerprint density at radius 1 is 0.973 bits per heavy atom. The summed E-state index contributed by atoms with van der Waals surface area (Å²) in [6.45, 7) is 6.65. The Morgan fingerprint density at radius 3 is 2.49 bits per heavy atom. The third kappa shape index (κ3) is 4.82. The first-order valence-corrected chi connectivity index (χ1v) is 14.5. The van der Waals surface area contributed by atoms with Crippen molar-refractivity contribution in [2.24, 2.45) is 28.6 Å². The topological polar surface area (TPSA) is 69.7 Å². The molecule has 0 radical (unpaired) electrons. The van der Waals surface area contributed by atoms with Crippen LogP contribution in [0.25, 0.3) is 0 Å². The standard InChI is InChI=1S/C32H42O5/c1-4-36-28(34)21-29(35)37-32(15-6-5-7-16-32)19-13-22-12-17-30(2)23(20-22)8-9-24-25-10-11-27(33)31(25,3)18-14-26(24)30/h8,20,24-26H,4-7,9-12,14-18,21H2,1-3H3/t24-,25-,26-,30-,31-/m0/s1. The molecular weight excluding hydrogens is 464 g/mol. The molecule has 3 saturated carbocycles. The summed E-state index contributed by atoms with van der Waals surface area (Å²) in [5, 5.41) is 0. The molecule has 5 heteroatoms. The van der Waals surface area contributed by atoms with E-state index in [1.165, 1.54) is 5.57 Å². The van der Waals surface area contributed by atoms with Gasteiger partial charge in [-0.3, -0.25) is 14.4 Å². The Morgan fingerprint density at radius 2 is 1.73 bits per heavy atom. The zero-order valence-electron chi connectivity index (χ0n) is 22.8. The molecule has 0 N–H and O–H groups in total. The molecule has 5 atom stereocenters. The highest BCUT2D eigenvalue weighted by Gasteiger charge is 2.58. The highest BCUT2D eigenvalue weighted by atomic mass is 16.6. The Bertz CT molecular complexity index is 1080. The number of rotatable bonds is 4. The van der Waals surface area contributed by atoms with Crippen LogP contribution in [-0.4, -0.2) is 29.9 Å². The molecule has 0 aromatic carbocycles. The molecule has 200 valence electrons. The molecule has 0 bridgehead atoms. The van der Waals surface area contributed by atoms with Gasteiger partial charge in [-0.15, -0.1) is 0 Å². The summed E-state index contributed by atoms with van der Waals surface area (Å²) in [6, 6.07) is 0. The molecule has 0 aromatic heterocycles. The van der Waals surface area contributed by atoms with Crippen molar-refractivity contribution in [3.05, 3.63) is 23.3 Å². The van der Waals surface area contributed by atoms with Crippen LogP contribution in [0, 0.1) is 40.4 Å². The summed E-state index contributed by atoms with van der Waals surface area (Å²) < 4.78 is 10.8. The largest absolute Gasteiger partial charge is 0.466 e. The lowest BCUT2D eigenvalue weighted by Crippen LogP contribution is -2.49. The van der Waals surface area contributed by atoms with Crippen molar-refractivity contribution in [2.45, 2.75) is 110 Å². The molecule has 0 aliphatic heterocycles. The van der Waals surface area contributed by atoms with E-state index in [-0.39, 0.29) is 23.9 Å². The number of hydrogen-bond donors (Lipinski definition) is 0. The number of Topliss-reactive ketones (excluding diaryl/α,β-unsaturated/α-hetero) is 1. The number of esters is 2. The van der Waals surface area contributed by atoms with Gasteiger partial charge in [0, 0.05) is 17.4 Å². The van der Waals surface area contributed by atoms with Gasteiger partial charge in [0.1, 0.15) is 12.2 Å². The molecule has 0 saturated heterocycles. The van der Waals surface area contributed by atoms with Gasteiger partial charge < -0.3 is 9.47 Å². The molecule has 37 heavy (non-hydrogen) atoms. The van der Waals surface area contributed by atoms with Crippen LogP contribution in [0.4, 0.5) is 0 Å². The summed E-state index contributed by atoms with van der Waals surface area (Å²) in [4.78, 5) is 37.0. The van der Waals surface area contributed by atoms with Crippen molar-refractivity contribution >= 4 is 17.7 Å². The molecule has 0 unspecified atom stereocenters. The normalized spacial score (nSPS) is 36.0. The number of allylic oxidation sites excluding steroid dienone is 4. The number of fused-ring (bicyclic) bond motifs is 5. The Hall–Kier alpha value is -2.35. The van der Waals surface area contributed by atoms with E-state index in [0.29, 0.717) is 36.4 Å². The number of hydrogen-bond acceptors (Lipinski definition) is 5. The molecular formula is C32H42O5. The summed E-state index contributed by atoms with van der Waals surface area (Å²) in [6.07, 6.45) is 15.9. The average Bonchev–Trinajstić information content (AvgIpc) is 3.17. The minimum absolute atomic E-state index is 0.0942. The average molecular weight is 507 g/mol. The summed E-state index contributed by atoms with van der Waals surface area (Å²) in [7, 11) is 0. The molecule has 0 heterocycles. The maximum atomic E-state index is 12.7. The number of carbonyl (C=O) groups is 3. The lowest BCUT2D eigenvalue weighted by Gasteiger charge is -2.55. The fourth-order valence-corrected chi connectivity index (χ4v) is 8.35. The van der Waals surface area contributed by atoms with Crippen molar-refractivity contribution in [1.29, 1.82) is 0 Å². The first kappa shape index (κ1) is 26.3. The Balaban J connectivity index is 1.34. The fourth-order valence-electron chi connectivity index (χ4n) is 8.35. The van der Waals surface area contributed by atoms with E-state index in [0.717, 1.165) is 69.8 Å². The van der Waals surface area contributed by atoms with E-state index < -0.39 is 17.5 Å². The van der Waals surface area contributed by atoms with E-state index in [1.807, 2.05) is 0 Å². The van der Waals surface area contributed by atoms with Gasteiger partial charge >= 0.3 is 11.9 Å². The molecule has 5 aliphatic rings. The van der Waals surface area contributed by atoms with Crippen LogP contribution in [0.3, 0.4) is 0 Å². The predicted octanol–water partition coefficient (Wildman–Crippen LogP) is 6.26. The van der Waals surface area contributed by atoms with Crippen molar-refractivity contribution in [2.75, 3.05) is 6.61 Å². The fraction of sp³-hybridized carbons (Fsp3) is 0.719. The number of carbonyl (C=O) groups excluding carboxylic acids is 3. The maximum Gasteiger partial charge on any atom is 0.318 e. The molecule has 3 fully saturated rings. The van der Waals surface area contributed by atoms with Crippen LogP contribution in [0.1, 0.15) is 104 Å². The minimum Gasteiger partial charge on any atom is -0.466 e. The second kappa shape index (κ2) is 10.1. The van der Waals surface area contributed by atoms with Crippen LogP contribution in [0.2, 0.25) is 0 Å². The van der Waals surface area contributed by atoms with E-state index in [2.05, 4.69) is 37.8 Å². The quantitative estimate of drug-likeness (QED) is 0.256. The highest BCUT2D eigenvalue weighted by Crippen LogP contribution is 2.63. The summed E-state index contributed by atoms with van der Waals surface area (Å²) in [5.74, 6) is 7.98. The highest BCUT2D eigenvalue weighted by molar-refractivity contribution is 5.91. The molecule has 5 nitrogen and oxygen atoms in total. The lowest BCUT2D eigenvalue weighted by molar-refractivity contribution is -0.162. The SMILES string of the molecule is CCOC(=O)CC(=O)OC1(C#CC2=CC3=CC[C@@H]4[C@H](CC[C@]5(C)C(=O)CC[C@@H]45)[C@@]3(C)CC2)CCCCC1. The Kier molecular flexibility index (Phi) is 7.16. The van der Waals surface area contributed by atoms with Crippen LogP contribution in [0.5, 0.6) is 0 Å². The smallest absolute Gasteiger partial charge is 0.318 e. The number of ether oxygens (including phenoxy) is 2. The van der Waals surface area contributed by atoms with Gasteiger partial charge in [0.2, 0.25) is 0 Å². The summed E-state index contributed by atoms with van der Waals surface area (Å²) >= 11 is 0. The van der Waals surface area contributed by atoms with Crippen molar-refractivity contribution in [1.82, 2.24) is 0 Å². The molecule has 0 spiro atoms. The van der Waals surface area contributed by atoms with E-state index >= 15 is 0 Å². The van der Waals surface area contributed by atoms with Crippen molar-refractivity contribution in [3.8, 4) is 11.8 Å². The third-order valence-electron chi connectivity index (χ3n) is 10.5. The van der Waals surface area contributed by atoms with Gasteiger partial charge in [0.15, 0.2) is 5.60 Å². The van der Waals surface area contributed by atoms with Gasteiger partial charge in [0.05, 0.1) is 6.61 Å². The van der Waals surface area contributed by atoms with Gasteiger partial charge in [0.25, 0.3) is 0 Å². The lowest BCUT2D eigenvalue weighted by atomic mass is 9.48. The maximum absolute atomic E-state index is 12.7. The second-order valence-electron chi connectivity index (χ2n) is 12.5. The van der Waals surface area contributed by atoms with Crippen molar-refractivity contribution in [3.63, 3.8) is 0 Å². The van der Waals surface area contributed by atoms with Gasteiger partial charge in [-0.2, -0.15) is 0 Å². The van der Waals surface area contributed by atoms with Crippen LogP contribution in [-0.2, 0) is 23.9 Å². The van der Waals surface area contributed by atoms with Gasteiger partial charge in [-0.1, -0.05) is 38.2 Å². The second-order valence-corrected chi connectivity index (χ2v) is 12.5. The minimum atomic E-state index is -0.807. The predicted molar refractivity (Wildman–Crippen MR) is 141 cm³/mol. The van der Waals surface area contributed by atoms with Crippen LogP contribution in [0.15, 0.2) is 23.3 Å². The van der Waals surface area contributed by atoms with Crippen LogP contribution >= 0.6 is 0 Å².